The summed E-state index contributed by atoms with van der Waals surface area (Å²) in [4.78, 5) is 24.3. The number of halogens is 3. The van der Waals surface area contributed by atoms with Gasteiger partial charge in [0.15, 0.2) is 0 Å². The summed E-state index contributed by atoms with van der Waals surface area (Å²) in [6, 6.07) is 7.49. The van der Waals surface area contributed by atoms with Crippen molar-refractivity contribution < 1.29 is 31.1 Å². The number of aromatic nitrogens is 3. The zero-order valence-electron chi connectivity index (χ0n) is 21.8. The Morgan fingerprint density at radius 1 is 1.18 bits per heavy atom. The number of methoxy groups -OCH3 is 1. The summed E-state index contributed by atoms with van der Waals surface area (Å²) in [5, 5.41) is 8.18. The van der Waals surface area contributed by atoms with Crippen LogP contribution < -0.4 is 25.0 Å². The summed E-state index contributed by atoms with van der Waals surface area (Å²) >= 11 is 0. The molecule has 0 aliphatic heterocycles. The van der Waals surface area contributed by atoms with Gasteiger partial charge in [-0.3, -0.25) is 9.10 Å². The average Bonchev–Trinajstić information content (AvgIpc) is 2.85. The van der Waals surface area contributed by atoms with E-state index in [4.69, 9.17) is 4.74 Å². The number of sulfonamides is 1. The van der Waals surface area contributed by atoms with Gasteiger partial charge < -0.3 is 20.7 Å². The number of carbonyl (C=O) groups is 1. The van der Waals surface area contributed by atoms with Gasteiger partial charge in [-0.2, -0.15) is 18.2 Å². The molecule has 2 aromatic heterocycles. The number of pyridine rings is 1. The molecule has 0 fully saturated rings. The summed E-state index contributed by atoms with van der Waals surface area (Å²) in [6.45, 7) is 3.38. The fourth-order valence-electron chi connectivity index (χ4n) is 3.38. The molecule has 15 heteroatoms. The molecule has 210 valence electrons. The summed E-state index contributed by atoms with van der Waals surface area (Å²) in [7, 11) is -0.984. The standard InChI is InChI=1S/C24H28F3N7O4S/c1-14(2)31-22(35)15-8-9-19(38-4)18(11-15)32-23-30-13-17(24(25,26)27)20(33-23)29-12-16-7-6-10-28-21(16)34(3)39(5,36)37/h6-11,13-14H,12H2,1-5H3,(H,31,35)(H2,29,30,32,33). The molecular formula is C24H28F3N7O4S. The number of anilines is 4. The molecule has 2 heterocycles. The lowest BCUT2D eigenvalue weighted by molar-refractivity contribution is -0.137. The number of nitrogens with zero attached hydrogens (tertiary/aromatic N) is 4. The van der Waals surface area contributed by atoms with Gasteiger partial charge in [-0.15, -0.1) is 0 Å². The minimum absolute atomic E-state index is 0.0506. The predicted molar refractivity (Wildman–Crippen MR) is 141 cm³/mol. The van der Waals surface area contributed by atoms with Crippen LogP contribution in [0.1, 0.15) is 35.3 Å². The molecule has 3 aromatic rings. The smallest absolute Gasteiger partial charge is 0.421 e. The molecule has 0 aliphatic rings. The van der Waals surface area contributed by atoms with E-state index in [-0.39, 0.29) is 41.5 Å². The first-order chi connectivity index (χ1) is 18.2. The third kappa shape index (κ3) is 7.46. The lowest BCUT2D eigenvalue weighted by Crippen LogP contribution is -2.30. The number of rotatable bonds is 10. The molecule has 0 aliphatic carbocycles. The van der Waals surface area contributed by atoms with Crippen LogP contribution in [0.5, 0.6) is 5.75 Å². The zero-order chi connectivity index (χ0) is 29.0. The molecule has 3 rings (SSSR count). The van der Waals surface area contributed by atoms with Crippen LogP contribution in [0.4, 0.5) is 36.4 Å². The Morgan fingerprint density at radius 3 is 2.51 bits per heavy atom. The second-order valence-electron chi connectivity index (χ2n) is 8.69. The Hall–Kier alpha value is -4.14. The topological polar surface area (TPSA) is 138 Å². The lowest BCUT2D eigenvalue weighted by Gasteiger charge is -2.20. The van der Waals surface area contributed by atoms with E-state index in [0.29, 0.717) is 17.5 Å². The van der Waals surface area contributed by atoms with Gasteiger partial charge in [-0.25, -0.2) is 18.4 Å². The van der Waals surface area contributed by atoms with Gasteiger partial charge in [0.2, 0.25) is 16.0 Å². The van der Waals surface area contributed by atoms with Crippen molar-refractivity contribution >= 4 is 39.2 Å². The molecule has 0 spiro atoms. The van der Waals surface area contributed by atoms with Crippen LogP contribution in [-0.4, -0.2) is 55.7 Å². The van der Waals surface area contributed by atoms with E-state index in [1.807, 2.05) is 0 Å². The van der Waals surface area contributed by atoms with Crippen LogP contribution in [0.25, 0.3) is 0 Å². The maximum atomic E-state index is 13.8. The number of amides is 1. The highest BCUT2D eigenvalue weighted by molar-refractivity contribution is 7.92. The number of hydrogen-bond donors (Lipinski definition) is 3. The first-order valence-electron chi connectivity index (χ1n) is 11.5. The zero-order valence-corrected chi connectivity index (χ0v) is 22.6. The van der Waals surface area contributed by atoms with Crippen molar-refractivity contribution in [3.8, 4) is 5.75 Å². The minimum Gasteiger partial charge on any atom is -0.495 e. The van der Waals surface area contributed by atoms with Gasteiger partial charge in [0.25, 0.3) is 5.91 Å². The van der Waals surface area contributed by atoms with E-state index in [1.54, 1.807) is 19.9 Å². The van der Waals surface area contributed by atoms with Crippen LogP contribution in [0.2, 0.25) is 0 Å². The number of ether oxygens (including phenoxy) is 1. The summed E-state index contributed by atoms with van der Waals surface area (Å²) in [5.41, 5.74) is -0.274. The second kappa shape index (κ2) is 11.7. The van der Waals surface area contributed by atoms with E-state index in [1.165, 1.54) is 44.6 Å². The van der Waals surface area contributed by atoms with Crippen LogP contribution in [0.15, 0.2) is 42.7 Å². The third-order valence-corrected chi connectivity index (χ3v) is 6.50. The Bertz CT molecular complexity index is 1450. The quantitative estimate of drug-likeness (QED) is 0.334. The van der Waals surface area contributed by atoms with Gasteiger partial charge >= 0.3 is 6.18 Å². The molecule has 0 bridgehead atoms. The Morgan fingerprint density at radius 2 is 1.90 bits per heavy atom. The van der Waals surface area contributed by atoms with E-state index >= 15 is 0 Å². The highest BCUT2D eigenvalue weighted by Crippen LogP contribution is 2.35. The van der Waals surface area contributed by atoms with Crippen molar-refractivity contribution in [2.75, 3.05) is 35.4 Å². The monoisotopic (exact) mass is 567 g/mol. The van der Waals surface area contributed by atoms with Crippen LogP contribution in [-0.2, 0) is 22.7 Å². The third-order valence-electron chi connectivity index (χ3n) is 5.33. The molecular weight excluding hydrogens is 539 g/mol. The fourth-order valence-corrected chi connectivity index (χ4v) is 3.86. The molecule has 39 heavy (non-hydrogen) atoms. The van der Waals surface area contributed by atoms with E-state index in [0.717, 1.165) is 10.6 Å². The predicted octanol–water partition coefficient (Wildman–Crippen LogP) is 3.79. The van der Waals surface area contributed by atoms with Crippen LogP contribution in [0, 0.1) is 0 Å². The van der Waals surface area contributed by atoms with E-state index in [9.17, 15) is 26.4 Å². The van der Waals surface area contributed by atoms with E-state index in [2.05, 4.69) is 30.9 Å². The first kappa shape index (κ1) is 29.4. The Balaban J connectivity index is 1.95. The molecule has 0 atom stereocenters. The van der Waals surface area contributed by atoms with E-state index < -0.39 is 27.6 Å². The van der Waals surface area contributed by atoms with Crippen LogP contribution >= 0.6 is 0 Å². The highest BCUT2D eigenvalue weighted by Gasteiger charge is 2.35. The average molecular weight is 568 g/mol. The van der Waals surface area contributed by atoms with Crippen molar-refractivity contribution in [1.29, 1.82) is 0 Å². The number of hydrogen-bond acceptors (Lipinski definition) is 9. The molecule has 1 aromatic carbocycles. The molecule has 0 unspecified atom stereocenters. The number of alkyl halides is 3. The first-order valence-corrected chi connectivity index (χ1v) is 13.4. The molecule has 0 saturated heterocycles. The van der Waals surface area contributed by atoms with Crippen molar-refractivity contribution in [3.05, 3.63) is 59.4 Å². The maximum absolute atomic E-state index is 13.8. The Kier molecular flexibility index (Phi) is 8.84. The number of benzene rings is 1. The minimum atomic E-state index is -4.78. The number of carbonyl (C=O) groups excluding carboxylic acids is 1. The summed E-state index contributed by atoms with van der Waals surface area (Å²) in [5.74, 6) is -0.750. The summed E-state index contributed by atoms with van der Waals surface area (Å²) < 4.78 is 71.5. The highest BCUT2D eigenvalue weighted by atomic mass is 32.2. The van der Waals surface area contributed by atoms with Crippen molar-refractivity contribution in [2.45, 2.75) is 32.6 Å². The van der Waals surface area contributed by atoms with Crippen molar-refractivity contribution in [3.63, 3.8) is 0 Å². The second-order valence-corrected chi connectivity index (χ2v) is 10.7. The fraction of sp³-hybridized carbons (Fsp3) is 0.333. The van der Waals surface area contributed by atoms with Crippen LogP contribution in [0.3, 0.4) is 0 Å². The number of nitrogens with one attached hydrogen (secondary N) is 3. The van der Waals surface area contributed by atoms with Gasteiger partial charge in [-0.1, -0.05) is 6.07 Å². The van der Waals surface area contributed by atoms with Gasteiger partial charge in [0.1, 0.15) is 22.9 Å². The Labute approximate surface area is 223 Å². The van der Waals surface area contributed by atoms with Gasteiger partial charge in [-0.05, 0) is 38.1 Å². The van der Waals surface area contributed by atoms with Crippen molar-refractivity contribution in [2.24, 2.45) is 0 Å². The molecule has 0 radical (unpaired) electrons. The molecule has 1 amide bonds. The van der Waals surface area contributed by atoms with Gasteiger partial charge in [0.05, 0.1) is 19.1 Å². The molecule has 3 N–H and O–H groups in total. The molecule has 0 saturated carbocycles. The van der Waals surface area contributed by atoms with Crippen molar-refractivity contribution in [1.82, 2.24) is 20.3 Å². The normalized spacial score (nSPS) is 11.7. The largest absolute Gasteiger partial charge is 0.495 e. The SMILES string of the molecule is COc1ccc(C(=O)NC(C)C)cc1Nc1ncc(C(F)(F)F)c(NCc2cccnc2N(C)S(C)(=O)=O)n1. The molecule has 11 nitrogen and oxygen atoms in total. The maximum Gasteiger partial charge on any atom is 0.421 e. The lowest BCUT2D eigenvalue weighted by atomic mass is 10.1. The summed E-state index contributed by atoms with van der Waals surface area (Å²) in [6.07, 6.45) is -1.81. The van der Waals surface area contributed by atoms with Gasteiger partial charge in [0, 0.05) is 43.2 Å².